The smallest absolute Gasteiger partial charge is 0.136 e. The Bertz CT molecular complexity index is 239. The first-order valence-corrected chi connectivity index (χ1v) is 5.99. The van der Waals surface area contributed by atoms with Crippen LogP contribution in [0.25, 0.3) is 0 Å². The Hall–Kier alpha value is -0.680. The van der Waals surface area contributed by atoms with Crippen LogP contribution < -0.4 is 5.32 Å². The number of nitrogens with one attached hydrogen (secondary N) is 1. The molecular formula is C11H18N2OS. The van der Waals surface area contributed by atoms with Crippen molar-refractivity contribution in [3.63, 3.8) is 0 Å². The lowest BCUT2D eigenvalue weighted by Crippen LogP contribution is -2.13. The van der Waals surface area contributed by atoms with Crippen LogP contribution in [0, 0.1) is 22.5 Å². The summed E-state index contributed by atoms with van der Waals surface area (Å²) in [4.78, 5) is 0. The van der Waals surface area contributed by atoms with Gasteiger partial charge >= 0.3 is 0 Å². The first-order valence-electron chi connectivity index (χ1n) is 5.11. The van der Waals surface area contributed by atoms with E-state index in [9.17, 15) is 0 Å². The summed E-state index contributed by atoms with van der Waals surface area (Å²) >= 11 is 1.17. The highest BCUT2D eigenvalue weighted by Crippen LogP contribution is 2.15. The summed E-state index contributed by atoms with van der Waals surface area (Å²) in [7, 11) is 1.92. The second-order valence-corrected chi connectivity index (χ2v) is 3.85. The summed E-state index contributed by atoms with van der Waals surface area (Å²) in [6, 6.07) is 0. The number of thioether (sulfide) groups is 1. The average Bonchev–Trinajstić information content (AvgIpc) is 2.24. The predicted molar refractivity (Wildman–Crippen MR) is 64.2 cm³/mol. The van der Waals surface area contributed by atoms with Crippen molar-refractivity contribution in [2.75, 3.05) is 20.2 Å². The lowest BCUT2D eigenvalue weighted by atomic mass is 10.3. The number of hydrogen-bond donors (Lipinski definition) is 1. The standard InChI is InChI=1S/C11H18N2OS/c1-3-4-5-9-14-11(15-10-12)7-6-8-13-2/h11,13H,3,6-9H2,1-2H3. The van der Waals surface area contributed by atoms with E-state index < -0.39 is 0 Å². The van der Waals surface area contributed by atoms with Gasteiger partial charge in [0.2, 0.25) is 0 Å². The van der Waals surface area contributed by atoms with Crippen molar-refractivity contribution in [2.45, 2.75) is 31.6 Å². The minimum Gasteiger partial charge on any atom is -0.354 e. The van der Waals surface area contributed by atoms with E-state index in [0.29, 0.717) is 6.61 Å². The lowest BCUT2D eigenvalue weighted by molar-refractivity contribution is 0.136. The molecule has 0 aliphatic rings. The van der Waals surface area contributed by atoms with Gasteiger partial charge in [-0.25, -0.2) is 0 Å². The van der Waals surface area contributed by atoms with Crippen LogP contribution >= 0.6 is 11.8 Å². The van der Waals surface area contributed by atoms with Gasteiger partial charge in [-0.3, -0.25) is 0 Å². The summed E-state index contributed by atoms with van der Waals surface area (Å²) in [6.07, 6.45) is 2.74. The third kappa shape index (κ3) is 9.62. The fraction of sp³-hybridized carbons (Fsp3) is 0.727. The van der Waals surface area contributed by atoms with Crippen molar-refractivity contribution in [1.29, 1.82) is 5.26 Å². The molecule has 0 rings (SSSR count). The zero-order chi connectivity index (χ0) is 11.4. The molecule has 0 bridgehead atoms. The molecule has 1 N–H and O–H groups in total. The Kier molecular flexibility index (Phi) is 10.9. The van der Waals surface area contributed by atoms with E-state index in [2.05, 4.69) is 22.6 Å². The number of rotatable bonds is 7. The largest absolute Gasteiger partial charge is 0.354 e. The van der Waals surface area contributed by atoms with Gasteiger partial charge < -0.3 is 10.1 Å². The first-order chi connectivity index (χ1) is 7.35. The number of nitrogens with zero attached hydrogens (tertiary/aromatic N) is 1. The third-order valence-corrected chi connectivity index (χ3v) is 2.43. The van der Waals surface area contributed by atoms with Gasteiger partial charge in [-0.2, -0.15) is 5.26 Å². The van der Waals surface area contributed by atoms with Crippen LogP contribution in [0.15, 0.2) is 0 Å². The molecule has 15 heavy (non-hydrogen) atoms. The topological polar surface area (TPSA) is 45.0 Å². The second-order valence-electron chi connectivity index (χ2n) is 2.90. The summed E-state index contributed by atoms with van der Waals surface area (Å²) in [5.74, 6) is 5.84. The molecule has 84 valence electrons. The van der Waals surface area contributed by atoms with Crippen LogP contribution in [-0.4, -0.2) is 25.6 Å². The van der Waals surface area contributed by atoms with Crippen LogP contribution in [0.5, 0.6) is 0 Å². The molecule has 0 aromatic rings. The molecule has 1 atom stereocenters. The van der Waals surface area contributed by atoms with Gasteiger partial charge in [-0.05, 0) is 38.2 Å². The van der Waals surface area contributed by atoms with E-state index in [-0.39, 0.29) is 5.44 Å². The molecule has 4 heteroatoms. The third-order valence-electron chi connectivity index (χ3n) is 1.69. The molecule has 0 saturated carbocycles. The summed E-state index contributed by atoms with van der Waals surface area (Å²) in [6.45, 7) is 3.38. The second kappa shape index (κ2) is 11.4. The molecule has 0 aromatic carbocycles. The van der Waals surface area contributed by atoms with Crippen LogP contribution in [-0.2, 0) is 4.74 Å². The first kappa shape index (κ1) is 14.3. The minimum atomic E-state index is -0.0468. The molecule has 0 aromatic heterocycles. The van der Waals surface area contributed by atoms with Crippen molar-refractivity contribution in [1.82, 2.24) is 5.32 Å². The van der Waals surface area contributed by atoms with Crippen molar-refractivity contribution < 1.29 is 4.74 Å². The van der Waals surface area contributed by atoms with Crippen molar-refractivity contribution in [2.24, 2.45) is 0 Å². The number of ether oxygens (including phenoxy) is 1. The Morgan fingerprint density at radius 3 is 2.87 bits per heavy atom. The van der Waals surface area contributed by atoms with Crippen LogP contribution in [0.1, 0.15) is 26.2 Å². The maximum absolute atomic E-state index is 8.58. The molecule has 0 fully saturated rings. The van der Waals surface area contributed by atoms with Gasteiger partial charge in [-0.1, -0.05) is 12.8 Å². The summed E-state index contributed by atoms with van der Waals surface area (Å²) in [5, 5.41) is 13.7. The normalized spacial score (nSPS) is 11.3. The SMILES string of the molecule is CCC#CCOC(CCCNC)SC#N. The highest BCUT2D eigenvalue weighted by atomic mass is 32.2. The monoisotopic (exact) mass is 226 g/mol. The molecular weight excluding hydrogens is 208 g/mol. The molecule has 0 saturated heterocycles. The molecule has 0 heterocycles. The maximum Gasteiger partial charge on any atom is 0.136 e. The fourth-order valence-corrected chi connectivity index (χ4v) is 1.53. The van der Waals surface area contributed by atoms with E-state index in [1.807, 2.05) is 14.0 Å². The molecule has 0 radical (unpaired) electrons. The lowest BCUT2D eigenvalue weighted by Gasteiger charge is -2.11. The van der Waals surface area contributed by atoms with Gasteiger partial charge in [0.05, 0.1) is 0 Å². The molecule has 1 unspecified atom stereocenters. The van der Waals surface area contributed by atoms with E-state index in [1.54, 1.807) is 0 Å². The van der Waals surface area contributed by atoms with Crippen LogP contribution in [0.2, 0.25) is 0 Å². The van der Waals surface area contributed by atoms with E-state index in [0.717, 1.165) is 25.8 Å². The van der Waals surface area contributed by atoms with Gasteiger partial charge in [-0.15, -0.1) is 5.92 Å². The molecule has 3 nitrogen and oxygen atoms in total. The zero-order valence-electron chi connectivity index (χ0n) is 9.38. The Morgan fingerprint density at radius 1 is 1.47 bits per heavy atom. The Balaban J connectivity index is 3.68. The van der Waals surface area contributed by atoms with E-state index in [1.165, 1.54) is 11.8 Å². The number of thiocyanates is 1. The maximum atomic E-state index is 8.58. The molecule has 0 aliphatic heterocycles. The van der Waals surface area contributed by atoms with Gasteiger partial charge in [0.25, 0.3) is 0 Å². The summed E-state index contributed by atoms with van der Waals surface area (Å²) in [5.41, 5.74) is -0.0468. The van der Waals surface area contributed by atoms with Gasteiger partial charge in [0.15, 0.2) is 0 Å². The van der Waals surface area contributed by atoms with E-state index >= 15 is 0 Å². The summed E-state index contributed by atoms with van der Waals surface area (Å²) < 4.78 is 5.47. The number of nitriles is 1. The van der Waals surface area contributed by atoms with Gasteiger partial charge in [0, 0.05) is 6.42 Å². The Morgan fingerprint density at radius 2 is 2.27 bits per heavy atom. The number of hydrogen-bond acceptors (Lipinski definition) is 4. The average molecular weight is 226 g/mol. The molecule has 0 spiro atoms. The Labute approximate surface area is 96.6 Å². The predicted octanol–water partition coefficient (Wildman–Crippen LogP) is 1.96. The quantitative estimate of drug-likeness (QED) is 0.312. The zero-order valence-corrected chi connectivity index (χ0v) is 10.2. The van der Waals surface area contributed by atoms with Crippen molar-refractivity contribution >= 4 is 11.8 Å². The minimum absolute atomic E-state index is 0.0468. The van der Waals surface area contributed by atoms with Crippen LogP contribution in [0.4, 0.5) is 0 Å². The fourth-order valence-electron chi connectivity index (χ4n) is 0.991. The van der Waals surface area contributed by atoms with Crippen molar-refractivity contribution in [3.05, 3.63) is 0 Å². The van der Waals surface area contributed by atoms with Gasteiger partial charge in [0.1, 0.15) is 17.4 Å². The highest BCUT2D eigenvalue weighted by molar-refractivity contribution is 8.04. The van der Waals surface area contributed by atoms with E-state index in [4.69, 9.17) is 10.00 Å². The van der Waals surface area contributed by atoms with Crippen molar-refractivity contribution in [3.8, 4) is 17.2 Å². The highest BCUT2D eigenvalue weighted by Gasteiger charge is 2.07. The van der Waals surface area contributed by atoms with Crippen LogP contribution in [0.3, 0.4) is 0 Å². The molecule has 0 aliphatic carbocycles. The molecule has 0 amide bonds.